The van der Waals surface area contributed by atoms with Crippen molar-refractivity contribution in [2.24, 2.45) is 0 Å². The molecule has 0 atom stereocenters. The fourth-order valence-electron chi connectivity index (χ4n) is 4.33. The van der Waals surface area contributed by atoms with Gasteiger partial charge in [-0.15, -0.1) is 0 Å². The third kappa shape index (κ3) is 4.46. The number of carbonyl (C=O) groups excluding carboxylic acids is 1. The number of hydrogen-bond donors (Lipinski definition) is 1. The van der Waals surface area contributed by atoms with Crippen LogP contribution in [0.5, 0.6) is 5.75 Å². The van der Waals surface area contributed by atoms with Crippen LogP contribution in [0.3, 0.4) is 0 Å². The van der Waals surface area contributed by atoms with Gasteiger partial charge in [0, 0.05) is 62.8 Å². The number of rotatable bonds is 4. The number of amides is 1. The van der Waals surface area contributed by atoms with E-state index < -0.39 is 5.63 Å². The highest BCUT2D eigenvalue weighted by Gasteiger charge is 2.23. The molecule has 0 spiro atoms. The number of hydrogen-bond acceptors (Lipinski definition) is 6. The highest BCUT2D eigenvalue weighted by molar-refractivity contribution is 5.84. The van der Waals surface area contributed by atoms with E-state index in [-0.39, 0.29) is 11.7 Å². The number of piperazine rings is 1. The van der Waals surface area contributed by atoms with E-state index in [0.29, 0.717) is 24.2 Å². The Morgan fingerprint density at radius 1 is 1.03 bits per heavy atom. The van der Waals surface area contributed by atoms with Crippen molar-refractivity contribution in [2.45, 2.75) is 32.7 Å². The van der Waals surface area contributed by atoms with Gasteiger partial charge in [0.15, 0.2) is 0 Å². The number of aromatic hydroxyl groups is 1. The molecule has 4 rings (SSSR count). The summed E-state index contributed by atoms with van der Waals surface area (Å²) in [5.41, 5.74) is 1.56. The summed E-state index contributed by atoms with van der Waals surface area (Å²) in [5, 5.41) is 10.8. The van der Waals surface area contributed by atoms with Crippen LogP contribution in [0.25, 0.3) is 11.0 Å². The molecule has 3 heterocycles. The first-order valence-electron chi connectivity index (χ1n) is 10.5. The van der Waals surface area contributed by atoms with Crippen LogP contribution in [0.1, 0.15) is 30.4 Å². The predicted octanol–water partition coefficient (Wildman–Crippen LogP) is 1.94. The number of piperidine rings is 1. The first-order valence-corrected chi connectivity index (χ1v) is 10.5. The first-order chi connectivity index (χ1) is 14.0. The van der Waals surface area contributed by atoms with E-state index in [1.54, 1.807) is 19.1 Å². The lowest BCUT2D eigenvalue weighted by Crippen LogP contribution is -2.50. The lowest BCUT2D eigenvalue weighted by molar-refractivity contribution is -0.133. The molecule has 7 heteroatoms. The third-order valence-electron chi connectivity index (χ3n) is 6.14. The number of phenols is 1. The predicted molar refractivity (Wildman–Crippen MR) is 111 cm³/mol. The number of fused-ring (bicyclic) bond motifs is 1. The molecule has 2 fully saturated rings. The van der Waals surface area contributed by atoms with Crippen LogP contribution in [-0.4, -0.2) is 71.5 Å². The molecule has 0 bridgehead atoms. The lowest BCUT2D eigenvalue weighted by atomic mass is 10.1. The van der Waals surface area contributed by atoms with Crippen molar-refractivity contribution < 1.29 is 14.3 Å². The van der Waals surface area contributed by atoms with E-state index in [1.807, 2.05) is 11.0 Å². The Balaban J connectivity index is 1.38. The molecule has 2 aliphatic rings. The molecule has 29 heavy (non-hydrogen) atoms. The first kappa shape index (κ1) is 19.9. The smallest absolute Gasteiger partial charge is 0.336 e. The number of benzene rings is 1. The van der Waals surface area contributed by atoms with E-state index >= 15 is 0 Å². The minimum Gasteiger partial charge on any atom is -0.508 e. The Hall–Kier alpha value is -2.38. The Labute approximate surface area is 170 Å². The van der Waals surface area contributed by atoms with Crippen molar-refractivity contribution in [3.63, 3.8) is 0 Å². The molecule has 2 aromatic rings. The van der Waals surface area contributed by atoms with Gasteiger partial charge >= 0.3 is 5.63 Å². The Morgan fingerprint density at radius 3 is 2.45 bits per heavy atom. The number of carbonyl (C=O) groups is 1. The van der Waals surface area contributed by atoms with Crippen LogP contribution >= 0.6 is 0 Å². The molecule has 0 aliphatic carbocycles. The van der Waals surface area contributed by atoms with Crippen LogP contribution in [0.2, 0.25) is 0 Å². The minimum atomic E-state index is -0.396. The van der Waals surface area contributed by atoms with Crippen LogP contribution in [0.15, 0.2) is 27.4 Å². The number of phenolic OH excluding ortho intramolecular Hbond substituents is 1. The van der Waals surface area contributed by atoms with E-state index in [4.69, 9.17) is 4.42 Å². The molecule has 1 aromatic carbocycles. The summed E-state index contributed by atoms with van der Waals surface area (Å²) in [5.74, 6) is 0.380. The summed E-state index contributed by atoms with van der Waals surface area (Å²) in [6.45, 7) is 8.11. The highest BCUT2D eigenvalue weighted by Crippen LogP contribution is 2.28. The van der Waals surface area contributed by atoms with E-state index in [9.17, 15) is 14.7 Å². The third-order valence-corrected chi connectivity index (χ3v) is 6.14. The van der Waals surface area contributed by atoms with Gasteiger partial charge in [0.2, 0.25) is 5.91 Å². The summed E-state index contributed by atoms with van der Waals surface area (Å²) in [7, 11) is 0. The van der Waals surface area contributed by atoms with Gasteiger partial charge in [-0.05, 0) is 43.9 Å². The van der Waals surface area contributed by atoms with Gasteiger partial charge in [-0.3, -0.25) is 14.6 Å². The number of likely N-dealkylation sites (tertiary alicyclic amines) is 1. The summed E-state index contributed by atoms with van der Waals surface area (Å²) in [6.07, 6.45) is 3.47. The maximum atomic E-state index is 12.5. The minimum absolute atomic E-state index is 0.129. The molecule has 2 saturated heterocycles. The van der Waals surface area contributed by atoms with Crippen LogP contribution < -0.4 is 5.63 Å². The Morgan fingerprint density at radius 2 is 1.72 bits per heavy atom. The number of aryl methyl sites for hydroxylation is 1. The Bertz CT molecular complexity index is 941. The highest BCUT2D eigenvalue weighted by atomic mass is 16.4. The van der Waals surface area contributed by atoms with Gasteiger partial charge in [-0.2, -0.15) is 0 Å². The van der Waals surface area contributed by atoms with Crippen LogP contribution in [-0.2, 0) is 11.3 Å². The molecule has 1 aromatic heterocycles. The van der Waals surface area contributed by atoms with Gasteiger partial charge in [0.05, 0.1) is 6.54 Å². The second kappa shape index (κ2) is 8.55. The summed E-state index contributed by atoms with van der Waals surface area (Å²) in [6, 6.07) is 5.00. The van der Waals surface area contributed by atoms with E-state index in [0.717, 1.165) is 63.1 Å². The standard InChI is InChI=1S/C22H29N3O4/c1-16-19(26)6-5-18-17(13-21(28)29-22(16)18)14-23-9-11-24(12-10-23)15-20(27)25-7-3-2-4-8-25/h5-6,13,26H,2-4,7-12,14-15H2,1H3. The fraction of sp³-hybridized carbons (Fsp3) is 0.545. The maximum Gasteiger partial charge on any atom is 0.336 e. The molecule has 1 N–H and O–H groups in total. The monoisotopic (exact) mass is 399 g/mol. The van der Waals surface area contributed by atoms with Gasteiger partial charge in [-0.25, -0.2) is 4.79 Å². The van der Waals surface area contributed by atoms with Gasteiger partial charge in [0.1, 0.15) is 11.3 Å². The second-order valence-corrected chi connectivity index (χ2v) is 8.17. The quantitative estimate of drug-likeness (QED) is 0.792. The molecule has 156 valence electrons. The van der Waals surface area contributed by atoms with Crippen molar-refractivity contribution in [1.82, 2.24) is 14.7 Å². The van der Waals surface area contributed by atoms with Crippen molar-refractivity contribution >= 4 is 16.9 Å². The largest absolute Gasteiger partial charge is 0.508 e. The summed E-state index contributed by atoms with van der Waals surface area (Å²) < 4.78 is 5.34. The molecule has 0 unspecified atom stereocenters. The van der Waals surface area contributed by atoms with Gasteiger partial charge in [0.25, 0.3) is 0 Å². The molecule has 1 amide bonds. The van der Waals surface area contributed by atoms with Crippen molar-refractivity contribution in [2.75, 3.05) is 45.8 Å². The van der Waals surface area contributed by atoms with Gasteiger partial charge in [-0.1, -0.05) is 0 Å². The zero-order valence-electron chi connectivity index (χ0n) is 17.0. The SMILES string of the molecule is Cc1c(O)ccc2c(CN3CCN(CC(=O)N4CCCCC4)CC3)cc(=O)oc12. The maximum absolute atomic E-state index is 12.5. The summed E-state index contributed by atoms with van der Waals surface area (Å²) >= 11 is 0. The molecular formula is C22H29N3O4. The average Bonchev–Trinajstić information content (AvgIpc) is 2.73. The lowest BCUT2D eigenvalue weighted by Gasteiger charge is -2.36. The van der Waals surface area contributed by atoms with Crippen LogP contribution in [0.4, 0.5) is 0 Å². The van der Waals surface area contributed by atoms with Crippen molar-refractivity contribution in [1.29, 1.82) is 0 Å². The molecule has 7 nitrogen and oxygen atoms in total. The fourth-order valence-corrected chi connectivity index (χ4v) is 4.33. The van der Waals surface area contributed by atoms with Gasteiger partial charge < -0.3 is 14.4 Å². The zero-order valence-corrected chi connectivity index (χ0v) is 17.0. The van der Waals surface area contributed by atoms with Crippen molar-refractivity contribution in [3.8, 4) is 5.75 Å². The average molecular weight is 399 g/mol. The second-order valence-electron chi connectivity index (χ2n) is 8.17. The molecule has 0 radical (unpaired) electrons. The molecular weight excluding hydrogens is 370 g/mol. The topological polar surface area (TPSA) is 77.2 Å². The normalized spacial score (nSPS) is 19.0. The van der Waals surface area contributed by atoms with Crippen molar-refractivity contribution in [3.05, 3.63) is 39.7 Å². The molecule has 0 saturated carbocycles. The number of nitrogens with zero attached hydrogens (tertiary/aromatic N) is 3. The molecule has 2 aliphatic heterocycles. The van der Waals surface area contributed by atoms with E-state index in [2.05, 4.69) is 9.80 Å². The van der Waals surface area contributed by atoms with Crippen LogP contribution in [0, 0.1) is 6.92 Å². The Kier molecular flexibility index (Phi) is 5.87. The van der Waals surface area contributed by atoms with E-state index in [1.165, 1.54) is 6.42 Å². The summed E-state index contributed by atoms with van der Waals surface area (Å²) in [4.78, 5) is 31.0. The zero-order chi connectivity index (χ0) is 20.4.